The Hall–Kier alpha value is -0.490. The summed E-state index contributed by atoms with van der Waals surface area (Å²) in [5, 5.41) is 3.71. The highest BCUT2D eigenvalue weighted by Gasteiger charge is 2.07. The van der Waals surface area contributed by atoms with Crippen LogP contribution in [0.15, 0.2) is 40.3 Å². The lowest BCUT2D eigenvalue weighted by molar-refractivity contribution is 0.324. The first-order chi connectivity index (χ1) is 8.71. The van der Waals surface area contributed by atoms with Gasteiger partial charge in [0.05, 0.1) is 0 Å². The van der Waals surface area contributed by atoms with Crippen LogP contribution in [0.4, 0.5) is 0 Å². The molecule has 7 heteroatoms. The maximum Gasteiger partial charge on any atom is 0.148 e. The second kappa shape index (κ2) is 12.3. The fourth-order valence-electron chi connectivity index (χ4n) is 1.62. The van der Waals surface area contributed by atoms with Gasteiger partial charge >= 0.3 is 0 Å². The third-order valence-corrected chi connectivity index (χ3v) is 3.82. The zero-order valence-electron chi connectivity index (χ0n) is 12.1. The van der Waals surface area contributed by atoms with E-state index in [-0.39, 0.29) is 24.8 Å². The lowest BCUT2D eigenvalue weighted by Crippen LogP contribution is -2.25. The minimum absolute atomic E-state index is 0. The average molecular weight is 340 g/mol. The Labute approximate surface area is 138 Å². The third kappa shape index (κ3) is 7.33. The third-order valence-electron chi connectivity index (χ3n) is 2.85. The van der Waals surface area contributed by atoms with Crippen LogP contribution in [-0.2, 0) is 0 Å². The fourth-order valence-corrected chi connectivity index (χ4v) is 2.52. The van der Waals surface area contributed by atoms with Gasteiger partial charge < -0.3 is 9.80 Å². The molecule has 20 heavy (non-hydrogen) atoms. The van der Waals surface area contributed by atoms with E-state index in [9.17, 15) is 4.91 Å². The van der Waals surface area contributed by atoms with E-state index in [2.05, 4.69) is 23.9 Å². The first-order valence-corrected chi connectivity index (χ1v) is 7.21. The minimum atomic E-state index is 0. The van der Waals surface area contributed by atoms with Crippen molar-refractivity contribution in [1.82, 2.24) is 9.80 Å². The molecular weight excluding hydrogens is 317 g/mol. The predicted octanol–water partition coefficient (Wildman–Crippen LogP) is 3.86. The quantitative estimate of drug-likeness (QED) is 0.660. The van der Waals surface area contributed by atoms with Crippen molar-refractivity contribution in [3.05, 3.63) is 40.1 Å². The maximum atomic E-state index is 10.9. The Kier molecular flexibility index (Phi) is 13.4. The molecule has 0 N–H and O–H groups in total. The number of rotatable bonds is 7. The highest BCUT2D eigenvalue weighted by Crippen LogP contribution is 2.24. The normalized spacial score (nSPS) is 13.0. The Morgan fingerprint density at radius 3 is 2.25 bits per heavy atom. The molecule has 0 aliphatic carbocycles. The molecule has 1 aliphatic rings. The lowest BCUT2D eigenvalue weighted by Gasteiger charge is -2.17. The van der Waals surface area contributed by atoms with Crippen LogP contribution < -0.4 is 0 Å². The first-order valence-electron chi connectivity index (χ1n) is 6.22. The number of hydrogen-bond donors (Lipinski definition) is 0. The number of allylic oxidation sites excluding steroid dienone is 3. The summed E-state index contributed by atoms with van der Waals surface area (Å²) in [5.41, 5.74) is 0.896. The van der Waals surface area contributed by atoms with E-state index < -0.39 is 0 Å². The van der Waals surface area contributed by atoms with Crippen LogP contribution >= 0.6 is 36.6 Å². The highest BCUT2D eigenvalue weighted by molar-refractivity contribution is 8.03. The number of hydrogen-bond acceptors (Lipinski definition) is 5. The number of halogens is 2. The summed E-state index contributed by atoms with van der Waals surface area (Å²) in [6, 6.07) is 0. The van der Waals surface area contributed by atoms with E-state index in [0.29, 0.717) is 5.03 Å². The van der Waals surface area contributed by atoms with E-state index in [4.69, 9.17) is 0 Å². The van der Waals surface area contributed by atoms with Crippen LogP contribution in [0.3, 0.4) is 0 Å². The van der Waals surface area contributed by atoms with Crippen molar-refractivity contribution >= 4 is 36.6 Å². The van der Waals surface area contributed by atoms with Crippen LogP contribution in [-0.4, -0.2) is 42.2 Å². The molecular formula is C13H23Cl2N3OS. The maximum absolute atomic E-state index is 10.9. The van der Waals surface area contributed by atoms with Gasteiger partial charge in [0.2, 0.25) is 0 Å². The molecule has 0 aromatic carbocycles. The molecule has 0 saturated heterocycles. The summed E-state index contributed by atoms with van der Waals surface area (Å²) >= 11 is 1.53. The summed E-state index contributed by atoms with van der Waals surface area (Å²) in [7, 11) is 1.95. The lowest BCUT2D eigenvalue weighted by atomic mass is 10.2. The van der Waals surface area contributed by atoms with Crippen molar-refractivity contribution in [3.8, 4) is 0 Å². The molecule has 0 aromatic heterocycles. The molecule has 116 valence electrons. The Bertz CT molecular complexity index is 353. The van der Waals surface area contributed by atoms with E-state index in [1.54, 1.807) is 0 Å². The summed E-state index contributed by atoms with van der Waals surface area (Å²) in [6.45, 7) is 7.36. The van der Waals surface area contributed by atoms with Gasteiger partial charge in [0, 0.05) is 37.3 Å². The molecule has 4 nitrogen and oxygen atoms in total. The topological polar surface area (TPSA) is 35.9 Å². The summed E-state index contributed by atoms with van der Waals surface area (Å²) in [4.78, 5) is 15.1. The first kappa shape index (κ1) is 21.8. The SMILES string of the molecule is CCN(CC)CCSC(N=O)=C1C=CN(C)C=C1.Cl.Cl. The minimum Gasteiger partial charge on any atom is -0.357 e. The van der Waals surface area contributed by atoms with Crippen LogP contribution in [0.25, 0.3) is 0 Å². The molecule has 0 aromatic rings. The number of nitrogens with zero attached hydrogens (tertiary/aromatic N) is 3. The highest BCUT2D eigenvalue weighted by atomic mass is 35.5. The van der Waals surface area contributed by atoms with Crippen LogP contribution in [0.5, 0.6) is 0 Å². The standard InChI is InChI=1S/C13H21N3OS.2ClH/c1-4-16(5-2)10-11-18-13(14-17)12-6-8-15(3)9-7-12;;/h6-9H,4-5,10-11H2,1-3H3;2*1H. The van der Waals surface area contributed by atoms with Crippen molar-refractivity contribution in [2.45, 2.75) is 13.8 Å². The molecule has 0 bridgehead atoms. The molecule has 0 spiro atoms. The fraction of sp³-hybridized carbons (Fsp3) is 0.538. The molecule has 0 radical (unpaired) electrons. The van der Waals surface area contributed by atoms with Gasteiger partial charge in [0.15, 0.2) is 0 Å². The molecule has 0 fully saturated rings. The molecule has 0 atom stereocenters. The van der Waals surface area contributed by atoms with Gasteiger partial charge in [-0.15, -0.1) is 41.5 Å². The van der Waals surface area contributed by atoms with Gasteiger partial charge in [-0.05, 0) is 30.4 Å². The zero-order chi connectivity index (χ0) is 13.4. The van der Waals surface area contributed by atoms with Gasteiger partial charge in [-0.3, -0.25) is 0 Å². The van der Waals surface area contributed by atoms with Gasteiger partial charge in [-0.2, -0.15) is 0 Å². The predicted molar refractivity (Wildman–Crippen MR) is 93.6 cm³/mol. The second-order valence-electron chi connectivity index (χ2n) is 4.02. The van der Waals surface area contributed by atoms with E-state index >= 15 is 0 Å². The van der Waals surface area contributed by atoms with E-state index in [0.717, 1.165) is 31.0 Å². The summed E-state index contributed by atoms with van der Waals surface area (Å²) in [5.74, 6) is 0.893. The van der Waals surface area contributed by atoms with Gasteiger partial charge in [0.1, 0.15) is 5.03 Å². The smallest absolute Gasteiger partial charge is 0.148 e. The van der Waals surface area contributed by atoms with Gasteiger partial charge in [-0.25, -0.2) is 0 Å². The van der Waals surface area contributed by atoms with E-state index in [1.165, 1.54) is 11.8 Å². The van der Waals surface area contributed by atoms with Crippen molar-refractivity contribution in [3.63, 3.8) is 0 Å². The van der Waals surface area contributed by atoms with Crippen molar-refractivity contribution in [1.29, 1.82) is 0 Å². The van der Waals surface area contributed by atoms with Crippen molar-refractivity contribution < 1.29 is 0 Å². The monoisotopic (exact) mass is 339 g/mol. The molecule has 1 heterocycles. The van der Waals surface area contributed by atoms with Crippen molar-refractivity contribution in [2.75, 3.05) is 32.4 Å². The van der Waals surface area contributed by atoms with E-state index in [1.807, 2.05) is 36.5 Å². The molecule has 0 unspecified atom stereocenters. The number of nitroso groups, excluding NO2 is 1. The largest absolute Gasteiger partial charge is 0.357 e. The van der Waals surface area contributed by atoms with Gasteiger partial charge in [-0.1, -0.05) is 13.8 Å². The average Bonchev–Trinajstić information content (AvgIpc) is 2.41. The zero-order valence-corrected chi connectivity index (χ0v) is 14.6. The molecule has 1 aliphatic heterocycles. The number of thioether (sulfide) groups is 1. The summed E-state index contributed by atoms with van der Waals surface area (Å²) < 4.78 is 0. The van der Waals surface area contributed by atoms with Crippen molar-refractivity contribution in [2.24, 2.45) is 5.18 Å². The molecule has 1 rings (SSSR count). The van der Waals surface area contributed by atoms with Crippen LogP contribution in [0.1, 0.15) is 13.8 Å². The molecule has 0 saturated carbocycles. The summed E-state index contributed by atoms with van der Waals surface area (Å²) in [6.07, 6.45) is 7.68. The Morgan fingerprint density at radius 1 is 1.25 bits per heavy atom. The van der Waals surface area contributed by atoms with Crippen LogP contribution in [0, 0.1) is 4.91 Å². The van der Waals surface area contributed by atoms with Crippen LogP contribution in [0.2, 0.25) is 0 Å². The second-order valence-corrected chi connectivity index (χ2v) is 5.11. The van der Waals surface area contributed by atoms with Gasteiger partial charge in [0.25, 0.3) is 0 Å². The Morgan fingerprint density at radius 2 is 1.80 bits per heavy atom. The molecule has 0 amide bonds. The Balaban J connectivity index is 0.